The second-order valence-electron chi connectivity index (χ2n) is 10.3. The lowest BCUT2D eigenvalue weighted by Gasteiger charge is -2.34. The topological polar surface area (TPSA) is 114 Å². The van der Waals surface area contributed by atoms with E-state index in [1.165, 1.54) is 4.90 Å². The molecule has 0 saturated heterocycles. The van der Waals surface area contributed by atoms with Gasteiger partial charge in [0.15, 0.2) is 5.82 Å². The number of nitrogens with zero attached hydrogens (tertiary/aromatic N) is 2. The highest BCUT2D eigenvalue weighted by Gasteiger charge is 2.35. The third-order valence-corrected chi connectivity index (χ3v) is 5.78. The lowest BCUT2D eigenvalue weighted by molar-refractivity contribution is -0.128. The van der Waals surface area contributed by atoms with Crippen LogP contribution in [0.1, 0.15) is 62.1 Å². The van der Waals surface area contributed by atoms with Crippen molar-refractivity contribution in [3.63, 3.8) is 0 Å². The molecule has 2 aromatic carbocycles. The molecule has 0 radical (unpaired) electrons. The number of aryl methyl sites for hydroxylation is 3. The van der Waals surface area contributed by atoms with E-state index in [0.717, 1.165) is 11.1 Å². The van der Waals surface area contributed by atoms with Crippen LogP contribution in [0.4, 0.5) is 11.5 Å². The molecule has 9 nitrogen and oxygen atoms in total. The van der Waals surface area contributed by atoms with Crippen molar-refractivity contribution in [1.82, 2.24) is 10.5 Å². The highest BCUT2D eigenvalue weighted by Crippen LogP contribution is 2.33. The number of nitrogens with one attached hydrogen (secondary N) is 2. The van der Waals surface area contributed by atoms with E-state index in [2.05, 4.69) is 15.8 Å². The first-order chi connectivity index (χ1) is 17.9. The van der Waals surface area contributed by atoms with Crippen LogP contribution < -0.4 is 20.3 Å². The molecule has 1 heterocycles. The Morgan fingerprint density at radius 2 is 1.68 bits per heavy atom. The van der Waals surface area contributed by atoms with Gasteiger partial charge in [0, 0.05) is 30.1 Å². The van der Waals surface area contributed by atoms with E-state index in [0.29, 0.717) is 22.8 Å². The Kier molecular flexibility index (Phi) is 8.93. The Hall–Kier alpha value is -4.14. The molecule has 1 aromatic heterocycles. The van der Waals surface area contributed by atoms with E-state index in [1.807, 2.05) is 52.8 Å². The summed E-state index contributed by atoms with van der Waals surface area (Å²) in [4.78, 5) is 41.7. The molecular weight excluding hydrogens is 484 g/mol. The third kappa shape index (κ3) is 7.44. The molecule has 38 heavy (non-hydrogen) atoms. The van der Waals surface area contributed by atoms with Gasteiger partial charge >= 0.3 is 0 Å². The van der Waals surface area contributed by atoms with Crippen molar-refractivity contribution in [2.75, 3.05) is 17.3 Å². The fraction of sp³-hybridized carbons (Fsp3) is 0.379. The average molecular weight is 521 g/mol. The van der Waals surface area contributed by atoms with E-state index in [4.69, 9.17) is 9.26 Å². The molecule has 0 aliphatic carbocycles. The Bertz CT molecular complexity index is 1290. The van der Waals surface area contributed by atoms with Crippen LogP contribution in [0.25, 0.3) is 0 Å². The van der Waals surface area contributed by atoms with Gasteiger partial charge in [-0.05, 0) is 70.9 Å². The molecular formula is C29H36N4O5. The second-order valence-corrected chi connectivity index (χ2v) is 10.3. The highest BCUT2D eigenvalue weighted by molar-refractivity contribution is 6.03. The predicted octanol–water partition coefficient (Wildman–Crippen LogP) is 5.02. The zero-order valence-electron chi connectivity index (χ0n) is 23.0. The lowest BCUT2D eigenvalue weighted by Crippen LogP contribution is -2.49. The number of hydrogen-bond acceptors (Lipinski definition) is 6. The van der Waals surface area contributed by atoms with Crippen LogP contribution in [0, 0.1) is 20.8 Å². The van der Waals surface area contributed by atoms with Crippen molar-refractivity contribution < 1.29 is 23.6 Å². The smallest absolute Gasteiger partial charge is 0.248 e. The van der Waals surface area contributed by atoms with Crippen molar-refractivity contribution in [3.05, 3.63) is 71.0 Å². The third-order valence-electron chi connectivity index (χ3n) is 5.78. The second kappa shape index (κ2) is 11.9. The number of amides is 3. The Labute approximate surface area is 223 Å². The molecule has 0 aliphatic heterocycles. The summed E-state index contributed by atoms with van der Waals surface area (Å²) in [5.74, 6) is 0.392. The van der Waals surface area contributed by atoms with E-state index in [-0.39, 0.29) is 36.4 Å². The molecule has 0 bridgehead atoms. The fourth-order valence-corrected chi connectivity index (χ4v) is 4.11. The minimum Gasteiger partial charge on any atom is -0.497 e. The zero-order chi connectivity index (χ0) is 28.0. The molecule has 3 aromatic rings. The van der Waals surface area contributed by atoms with Gasteiger partial charge in [0.25, 0.3) is 0 Å². The first kappa shape index (κ1) is 28.4. The SMILES string of the molecule is COc1ccc([C@@H](C(=O)NC(C)(C)C)N(C(=O)CCC(=O)Nc2cc(C)on2)c2ccc(C)cc2C)cc1. The molecule has 0 unspecified atom stereocenters. The molecule has 9 heteroatoms. The maximum absolute atomic E-state index is 13.9. The number of aromatic nitrogens is 1. The number of methoxy groups -OCH3 is 1. The van der Waals surface area contributed by atoms with Crippen LogP contribution >= 0.6 is 0 Å². The summed E-state index contributed by atoms with van der Waals surface area (Å²) < 4.78 is 10.3. The lowest BCUT2D eigenvalue weighted by atomic mass is 9.98. The maximum atomic E-state index is 13.9. The van der Waals surface area contributed by atoms with Crippen LogP contribution in [0.2, 0.25) is 0 Å². The van der Waals surface area contributed by atoms with Crippen molar-refractivity contribution in [1.29, 1.82) is 0 Å². The van der Waals surface area contributed by atoms with Crippen LogP contribution in [-0.2, 0) is 14.4 Å². The van der Waals surface area contributed by atoms with Gasteiger partial charge in [0.2, 0.25) is 17.7 Å². The summed E-state index contributed by atoms with van der Waals surface area (Å²) in [5.41, 5.74) is 2.54. The summed E-state index contributed by atoms with van der Waals surface area (Å²) >= 11 is 0. The molecule has 3 rings (SSSR count). The van der Waals surface area contributed by atoms with Crippen molar-refractivity contribution >= 4 is 29.2 Å². The summed E-state index contributed by atoms with van der Waals surface area (Å²) in [5, 5.41) is 9.41. The molecule has 3 amide bonds. The molecule has 1 atom stereocenters. The van der Waals surface area contributed by atoms with Gasteiger partial charge in [-0.25, -0.2) is 0 Å². The number of anilines is 2. The van der Waals surface area contributed by atoms with Crippen molar-refractivity contribution in [2.45, 2.75) is 66.0 Å². The van der Waals surface area contributed by atoms with Gasteiger partial charge in [0.05, 0.1) is 7.11 Å². The van der Waals surface area contributed by atoms with E-state index < -0.39 is 11.6 Å². The number of ether oxygens (including phenoxy) is 1. The molecule has 2 N–H and O–H groups in total. The van der Waals surface area contributed by atoms with Gasteiger partial charge in [-0.2, -0.15) is 0 Å². The van der Waals surface area contributed by atoms with Crippen molar-refractivity contribution in [3.8, 4) is 5.75 Å². The summed E-state index contributed by atoms with van der Waals surface area (Å²) in [7, 11) is 1.57. The largest absolute Gasteiger partial charge is 0.497 e. The highest BCUT2D eigenvalue weighted by atomic mass is 16.5. The van der Waals surface area contributed by atoms with Crippen LogP contribution in [0.15, 0.2) is 53.1 Å². The molecule has 0 spiro atoms. The minimum atomic E-state index is -0.977. The van der Waals surface area contributed by atoms with Gasteiger partial charge < -0.3 is 19.9 Å². The minimum absolute atomic E-state index is 0.0949. The zero-order valence-corrected chi connectivity index (χ0v) is 23.0. The Morgan fingerprint density at radius 3 is 2.24 bits per heavy atom. The summed E-state index contributed by atoms with van der Waals surface area (Å²) in [6.07, 6.45) is -0.214. The Morgan fingerprint density at radius 1 is 1.00 bits per heavy atom. The Balaban J connectivity index is 2.00. The van der Waals surface area contributed by atoms with E-state index in [1.54, 1.807) is 44.4 Å². The van der Waals surface area contributed by atoms with Crippen molar-refractivity contribution in [2.24, 2.45) is 0 Å². The van der Waals surface area contributed by atoms with Crippen LogP contribution in [0.5, 0.6) is 5.75 Å². The number of hydrogen-bond donors (Lipinski definition) is 2. The maximum Gasteiger partial charge on any atom is 0.248 e. The fourth-order valence-electron chi connectivity index (χ4n) is 4.11. The van der Waals surface area contributed by atoms with Gasteiger partial charge in [-0.1, -0.05) is 35.0 Å². The predicted molar refractivity (Wildman–Crippen MR) is 146 cm³/mol. The number of rotatable bonds is 9. The monoisotopic (exact) mass is 520 g/mol. The number of carbonyl (C=O) groups is 3. The summed E-state index contributed by atoms with van der Waals surface area (Å²) in [6, 6.07) is 13.4. The van der Waals surface area contributed by atoms with Gasteiger partial charge in [-0.3, -0.25) is 19.3 Å². The van der Waals surface area contributed by atoms with E-state index >= 15 is 0 Å². The molecule has 202 valence electrons. The average Bonchev–Trinajstić information content (AvgIpc) is 3.24. The number of carbonyl (C=O) groups excluding carboxylic acids is 3. The van der Waals surface area contributed by atoms with Crippen LogP contribution in [-0.4, -0.2) is 35.5 Å². The van der Waals surface area contributed by atoms with E-state index in [9.17, 15) is 14.4 Å². The summed E-state index contributed by atoms with van der Waals surface area (Å²) in [6.45, 7) is 11.2. The first-order valence-electron chi connectivity index (χ1n) is 12.5. The molecule has 0 fully saturated rings. The van der Waals surface area contributed by atoms with Gasteiger partial charge in [-0.15, -0.1) is 0 Å². The quantitative estimate of drug-likeness (QED) is 0.410. The normalized spacial score (nSPS) is 12.0. The standard InChI is InChI=1S/C29H36N4O5/c1-18-8-13-23(19(2)16-18)33(26(35)15-14-25(34)30-24-17-20(3)38-32-24)27(28(36)31-29(4,5)6)21-9-11-22(37-7)12-10-21/h8-13,16-17,27H,14-15H2,1-7H3,(H,31,36)(H,30,32,34)/t27-/m0/s1. The molecule has 0 aliphatic rings. The first-order valence-corrected chi connectivity index (χ1v) is 12.5. The van der Waals surface area contributed by atoms with Crippen LogP contribution in [0.3, 0.4) is 0 Å². The molecule has 0 saturated carbocycles. The van der Waals surface area contributed by atoms with Gasteiger partial charge in [0.1, 0.15) is 17.6 Å². The number of benzene rings is 2.